The van der Waals surface area contributed by atoms with Crippen molar-refractivity contribution in [2.24, 2.45) is 11.8 Å². The van der Waals surface area contributed by atoms with Crippen molar-refractivity contribution in [3.63, 3.8) is 0 Å². The number of nitrogens with zero attached hydrogens (tertiary/aromatic N) is 1. The van der Waals surface area contributed by atoms with E-state index in [4.69, 9.17) is 0 Å². The number of rotatable bonds is 4. The van der Waals surface area contributed by atoms with Crippen molar-refractivity contribution in [2.45, 2.75) is 26.8 Å². The van der Waals surface area contributed by atoms with Crippen LogP contribution < -0.4 is 5.32 Å². The summed E-state index contributed by atoms with van der Waals surface area (Å²) in [5.74, 6) is 0.808. The monoisotopic (exact) mass is 366 g/mol. The zero-order chi connectivity index (χ0) is 19.6. The minimum Gasteiger partial charge on any atom is -0.508 e. The first-order chi connectivity index (χ1) is 12.8. The molecule has 1 aliphatic rings. The molecule has 1 heterocycles. The van der Waals surface area contributed by atoms with Gasteiger partial charge in [-0.05, 0) is 41.3 Å². The third-order valence-electron chi connectivity index (χ3n) is 5.23. The first-order valence-electron chi connectivity index (χ1n) is 9.31. The maximum Gasteiger partial charge on any atom is 0.253 e. The van der Waals surface area contributed by atoms with Crippen molar-refractivity contribution < 1.29 is 14.7 Å². The van der Waals surface area contributed by atoms with Gasteiger partial charge in [-0.1, -0.05) is 38.1 Å². The lowest BCUT2D eigenvalue weighted by Crippen LogP contribution is -2.41. The number of likely N-dealkylation sites (tertiary alicyclic amines) is 1. The van der Waals surface area contributed by atoms with Crippen molar-refractivity contribution in [3.05, 3.63) is 54.1 Å². The molecule has 27 heavy (non-hydrogen) atoms. The Morgan fingerprint density at radius 1 is 1.00 bits per heavy atom. The van der Waals surface area contributed by atoms with Crippen molar-refractivity contribution >= 4 is 11.8 Å². The van der Waals surface area contributed by atoms with Crippen LogP contribution in [0.3, 0.4) is 0 Å². The van der Waals surface area contributed by atoms with Gasteiger partial charge in [-0.2, -0.15) is 0 Å². The summed E-state index contributed by atoms with van der Waals surface area (Å²) in [7, 11) is 0. The highest BCUT2D eigenvalue weighted by Crippen LogP contribution is 2.27. The molecular weight excluding hydrogens is 340 g/mol. The van der Waals surface area contributed by atoms with Gasteiger partial charge in [-0.25, -0.2) is 0 Å². The molecule has 1 saturated heterocycles. The Kier molecular flexibility index (Phi) is 5.49. The highest BCUT2D eigenvalue weighted by atomic mass is 16.3. The number of hydrogen-bond donors (Lipinski definition) is 2. The zero-order valence-corrected chi connectivity index (χ0v) is 16.0. The van der Waals surface area contributed by atoms with E-state index in [1.165, 1.54) is 6.92 Å². The fourth-order valence-corrected chi connectivity index (χ4v) is 3.73. The molecule has 5 nitrogen and oxygen atoms in total. The molecule has 0 aliphatic carbocycles. The molecule has 0 spiro atoms. The fourth-order valence-electron chi connectivity index (χ4n) is 3.73. The summed E-state index contributed by atoms with van der Waals surface area (Å²) in [6.45, 7) is 6.96. The van der Waals surface area contributed by atoms with Crippen LogP contribution >= 0.6 is 0 Å². The number of carbonyl (C=O) groups excluding carboxylic acids is 2. The van der Waals surface area contributed by atoms with Crippen LogP contribution in [0.25, 0.3) is 11.1 Å². The van der Waals surface area contributed by atoms with Crippen molar-refractivity contribution in [2.75, 3.05) is 13.1 Å². The molecule has 0 aromatic heterocycles. The molecule has 2 atom stereocenters. The first-order valence-corrected chi connectivity index (χ1v) is 9.31. The van der Waals surface area contributed by atoms with Gasteiger partial charge in [0, 0.05) is 31.5 Å². The first kappa shape index (κ1) is 19.0. The van der Waals surface area contributed by atoms with Crippen molar-refractivity contribution in [3.8, 4) is 16.9 Å². The zero-order valence-electron chi connectivity index (χ0n) is 16.0. The van der Waals surface area contributed by atoms with Gasteiger partial charge in [-0.3, -0.25) is 9.59 Å². The molecule has 0 bridgehead atoms. The fraction of sp³-hybridized carbons (Fsp3) is 0.364. The Morgan fingerprint density at radius 3 is 2.07 bits per heavy atom. The van der Waals surface area contributed by atoms with Crippen LogP contribution in [0.2, 0.25) is 0 Å². The second-order valence-corrected chi connectivity index (χ2v) is 7.55. The molecule has 2 amide bonds. The van der Waals surface area contributed by atoms with E-state index < -0.39 is 0 Å². The van der Waals surface area contributed by atoms with Gasteiger partial charge in [0.05, 0.1) is 6.04 Å². The van der Waals surface area contributed by atoms with Crippen LogP contribution in [0, 0.1) is 11.8 Å². The van der Waals surface area contributed by atoms with Crippen molar-refractivity contribution in [1.29, 1.82) is 0 Å². The molecule has 5 heteroatoms. The third-order valence-corrected chi connectivity index (χ3v) is 5.23. The minimum absolute atomic E-state index is 0.00252. The summed E-state index contributed by atoms with van der Waals surface area (Å²) in [6, 6.07) is 14.5. The predicted octanol–water partition coefficient (Wildman–Crippen LogP) is 3.29. The Hall–Kier alpha value is -2.82. The summed E-state index contributed by atoms with van der Waals surface area (Å²) < 4.78 is 0. The van der Waals surface area contributed by atoms with Crippen LogP contribution in [0.15, 0.2) is 48.5 Å². The number of phenols is 1. The Labute approximate surface area is 160 Å². The van der Waals surface area contributed by atoms with Gasteiger partial charge < -0.3 is 15.3 Å². The SMILES string of the molecule is CC(=O)NC1CN(C(=O)c2ccc(-c3ccc(O)cc3)cc2)CC1C(C)C. The number of aromatic hydroxyl groups is 1. The van der Waals surface area contributed by atoms with Gasteiger partial charge in [0.2, 0.25) is 5.91 Å². The topological polar surface area (TPSA) is 69.6 Å². The number of benzene rings is 2. The molecule has 0 saturated carbocycles. The van der Waals surface area contributed by atoms with E-state index in [1.807, 2.05) is 41.3 Å². The van der Waals surface area contributed by atoms with E-state index in [9.17, 15) is 14.7 Å². The predicted molar refractivity (Wildman–Crippen MR) is 105 cm³/mol. The number of phenolic OH excluding ortho intramolecular Hbond substituents is 1. The van der Waals surface area contributed by atoms with Gasteiger partial charge in [-0.15, -0.1) is 0 Å². The summed E-state index contributed by atoms with van der Waals surface area (Å²) >= 11 is 0. The van der Waals surface area contributed by atoms with Crippen LogP contribution in [-0.4, -0.2) is 41.0 Å². The summed E-state index contributed by atoms with van der Waals surface area (Å²) in [6.07, 6.45) is 0. The van der Waals surface area contributed by atoms with Crippen LogP contribution in [0.1, 0.15) is 31.1 Å². The molecule has 1 aliphatic heterocycles. The standard InChI is InChI=1S/C22H26N2O3/c1-14(2)20-12-24(13-21(20)23-15(3)25)22(27)18-6-4-16(5-7-18)17-8-10-19(26)11-9-17/h4-11,14,20-21,26H,12-13H2,1-3H3,(H,23,25). The highest BCUT2D eigenvalue weighted by molar-refractivity contribution is 5.95. The van der Waals surface area contributed by atoms with E-state index >= 15 is 0 Å². The largest absolute Gasteiger partial charge is 0.508 e. The molecule has 3 rings (SSSR count). The van der Waals surface area contributed by atoms with E-state index in [2.05, 4.69) is 19.2 Å². The van der Waals surface area contributed by atoms with Gasteiger partial charge in [0.15, 0.2) is 0 Å². The third kappa shape index (κ3) is 4.30. The maximum atomic E-state index is 12.9. The Balaban J connectivity index is 1.73. The van der Waals surface area contributed by atoms with E-state index in [1.54, 1.807) is 12.1 Å². The smallest absolute Gasteiger partial charge is 0.253 e. The maximum absolute atomic E-state index is 12.9. The second-order valence-electron chi connectivity index (χ2n) is 7.55. The molecule has 142 valence electrons. The van der Waals surface area contributed by atoms with Gasteiger partial charge in [0.1, 0.15) is 5.75 Å². The number of hydrogen-bond acceptors (Lipinski definition) is 3. The van der Waals surface area contributed by atoms with Gasteiger partial charge in [0.25, 0.3) is 5.91 Å². The summed E-state index contributed by atoms with van der Waals surface area (Å²) in [4.78, 5) is 26.2. The number of amides is 2. The molecule has 0 radical (unpaired) electrons. The molecule has 2 aromatic carbocycles. The highest BCUT2D eigenvalue weighted by Gasteiger charge is 2.37. The van der Waals surface area contributed by atoms with E-state index in [-0.39, 0.29) is 29.5 Å². The lowest BCUT2D eigenvalue weighted by molar-refractivity contribution is -0.119. The summed E-state index contributed by atoms with van der Waals surface area (Å²) in [5.41, 5.74) is 2.62. The Bertz CT molecular complexity index is 812. The average Bonchev–Trinajstić information content (AvgIpc) is 3.05. The van der Waals surface area contributed by atoms with E-state index in [0.29, 0.717) is 24.6 Å². The lowest BCUT2D eigenvalue weighted by Gasteiger charge is -2.21. The van der Waals surface area contributed by atoms with E-state index in [0.717, 1.165) is 11.1 Å². The normalized spacial score (nSPS) is 19.3. The molecular formula is C22H26N2O3. The second kappa shape index (κ2) is 7.82. The summed E-state index contributed by atoms with van der Waals surface area (Å²) in [5, 5.41) is 12.4. The average molecular weight is 366 g/mol. The Morgan fingerprint density at radius 2 is 1.56 bits per heavy atom. The van der Waals surface area contributed by atoms with Crippen molar-refractivity contribution in [1.82, 2.24) is 10.2 Å². The number of carbonyl (C=O) groups is 2. The molecule has 1 fully saturated rings. The van der Waals surface area contributed by atoms with Crippen LogP contribution in [0.5, 0.6) is 5.75 Å². The van der Waals surface area contributed by atoms with Crippen LogP contribution in [-0.2, 0) is 4.79 Å². The van der Waals surface area contributed by atoms with Crippen LogP contribution in [0.4, 0.5) is 0 Å². The van der Waals surface area contributed by atoms with Gasteiger partial charge >= 0.3 is 0 Å². The molecule has 2 unspecified atom stereocenters. The lowest BCUT2D eigenvalue weighted by atomic mass is 9.91. The molecule has 2 N–H and O–H groups in total. The molecule has 2 aromatic rings. The minimum atomic E-state index is -0.0572. The number of nitrogens with one attached hydrogen (secondary N) is 1. The quantitative estimate of drug-likeness (QED) is 0.872.